The molecule has 0 bridgehead atoms. The smallest absolute Gasteiger partial charge is 0.334 e. The molecule has 0 fully saturated rings. The van der Waals surface area contributed by atoms with Crippen molar-refractivity contribution in [3.05, 3.63) is 0 Å². The van der Waals surface area contributed by atoms with E-state index < -0.39 is 18.7 Å². The first-order chi connectivity index (χ1) is 3.18. The zero-order valence-electron chi connectivity index (χ0n) is 4.53. The zero-order valence-corrected chi connectivity index (χ0v) is 7.66. The van der Waals surface area contributed by atoms with Crippen LogP contribution in [0.5, 0.6) is 0 Å². The molecule has 0 aliphatic carbocycles. The molecule has 0 spiro atoms. The van der Waals surface area contributed by atoms with Gasteiger partial charge in [-0.1, -0.05) is 0 Å². The predicted molar refractivity (Wildman–Crippen MR) is 26.5 cm³/mol. The summed E-state index contributed by atoms with van der Waals surface area (Å²) in [6, 6.07) is 0. The molecular weight excluding hydrogens is 139 g/mol. The molecule has 0 saturated heterocycles. The summed E-state index contributed by atoms with van der Waals surface area (Å²) < 4.78 is 0. The normalized spacial score (nSPS) is 11.8. The van der Waals surface area contributed by atoms with Crippen molar-refractivity contribution in [3.63, 3.8) is 0 Å². The maximum absolute atomic E-state index is 9.52. The number of hydrogen-bond donors (Lipinski definition) is 3. The van der Waals surface area contributed by atoms with E-state index in [-0.39, 0.29) is 51.4 Å². The van der Waals surface area contributed by atoms with Crippen LogP contribution in [0.4, 0.5) is 0 Å². The van der Waals surface area contributed by atoms with E-state index in [1.165, 1.54) is 0 Å². The Kier molecular flexibility index (Phi) is 9.06. The van der Waals surface area contributed by atoms with E-state index in [9.17, 15) is 4.79 Å². The molecule has 5 heteroatoms. The molecule has 3 N–H and O–H groups in total. The standard InChI is InChI=1S/C3H6O4.K/c4-1-2(5)3(6)7;/h2,4-5H,1H2,(H,6,7);/t2-;/m1./s1. The Morgan fingerprint density at radius 2 is 2.00 bits per heavy atom. The minimum Gasteiger partial charge on any atom is -0.479 e. The van der Waals surface area contributed by atoms with E-state index in [0.29, 0.717) is 0 Å². The maximum atomic E-state index is 9.52. The Hall–Kier alpha value is 1.03. The number of carbonyl (C=O) groups is 1. The Labute approximate surface area is 88.9 Å². The van der Waals surface area contributed by atoms with Crippen LogP contribution in [0.2, 0.25) is 0 Å². The van der Waals surface area contributed by atoms with Crippen LogP contribution in [0.25, 0.3) is 0 Å². The summed E-state index contributed by atoms with van der Waals surface area (Å²) in [6.07, 6.45) is -1.63. The topological polar surface area (TPSA) is 77.8 Å². The number of hydrogen-bond acceptors (Lipinski definition) is 3. The van der Waals surface area contributed by atoms with Gasteiger partial charge in [0, 0.05) is 51.4 Å². The van der Waals surface area contributed by atoms with E-state index in [1.54, 1.807) is 0 Å². The summed E-state index contributed by atoms with van der Waals surface area (Å²) in [5, 5.41) is 23.7. The first-order valence-electron chi connectivity index (χ1n) is 1.70. The van der Waals surface area contributed by atoms with Crippen molar-refractivity contribution in [2.75, 3.05) is 6.61 Å². The van der Waals surface area contributed by atoms with E-state index in [0.717, 1.165) is 0 Å². The fourth-order valence-corrected chi connectivity index (χ4v) is 0.0781. The molecule has 1 atom stereocenters. The maximum Gasteiger partial charge on any atom is 0.334 e. The van der Waals surface area contributed by atoms with Gasteiger partial charge in [-0.2, -0.15) is 0 Å². The number of rotatable bonds is 2. The van der Waals surface area contributed by atoms with Gasteiger partial charge in [0.15, 0.2) is 6.10 Å². The third-order valence-corrected chi connectivity index (χ3v) is 0.458. The Morgan fingerprint density at radius 3 is 2.00 bits per heavy atom. The molecule has 0 aromatic heterocycles. The molecule has 43 valence electrons. The second-order valence-corrected chi connectivity index (χ2v) is 1.04. The Bertz CT molecular complexity index is 73.7. The van der Waals surface area contributed by atoms with Crippen molar-refractivity contribution >= 4 is 57.4 Å². The van der Waals surface area contributed by atoms with Gasteiger partial charge in [-0.25, -0.2) is 4.79 Å². The molecule has 0 aromatic carbocycles. The van der Waals surface area contributed by atoms with Crippen LogP contribution in [0, 0.1) is 0 Å². The van der Waals surface area contributed by atoms with Gasteiger partial charge in [0.05, 0.1) is 6.61 Å². The van der Waals surface area contributed by atoms with E-state index in [1.807, 2.05) is 0 Å². The molecule has 0 heterocycles. The van der Waals surface area contributed by atoms with Gasteiger partial charge in [-0.15, -0.1) is 0 Å². The second kappa shape index (κ2) is 6.15. The van der Waals surface area contributed by atoms with E-state index >= 15 is 0 Å². The first-order valence-corrected chi connectivity index (χ1v) is 1.70. The van der Waals surface area contributed by atoms with Crippen LogP contribution in [-0.4, -0.2) is 85.4 Å². The van der Waals surface area contributed by atoms with Crippen LogP contribution in [0.15, 0.2) is 0 Å². The van der Waals surface area contributed by atoms with Gasteiger partial charge >= 0.3 is 5.97 Å². The molecule has 0 aromatic rings. The Balaban J connectivity index is 0. The van der Waals surface area contributed by atoms with Gasteiger partial charge in [0.25, 0.3) is 0 Å². The predicted octanol–water partition coefficient (Wildman–Crippen LogP) is -1.96. The summed E-state index contributed by atoms with van der Waals surface area (Å²) in [4.78, 5) is 9.52. The number of carboxylic acids is 1. The van der Waals surface area contributed by atoms with Gasteiger partial charge in [0.2, 0.25) is 0 Å². The number of aliphatic carboxylic acids is 1. The van der Waals surface area contributed by atoms with Crippen molar-refractivity contribution in [2.24, 2.45) is 0 Å². The number of aliphatic hydroxyl groups excluding tert-OH is 2. The first kappa shape index (κ1) is 11.8. The van der Waals surface area contributed by atoms with Crippen LogP contribution in [0.1, 0.15) is 0 Å². The van der Waals surface area contributed by atoms with Crippen LogP contribution < -0.4 is 0 Å². The SMILES string of the molecule is O=C(O)[C@H](O)CO.[K]. The molecule has 4 nitrogen and oxygen atoms in total. The molecule has 0 rings (SSSR count). The van der Waals surface area contributed by atoms with Crippen molar-refractivity contribution in [3.8, 4) is 0 Å². The second-order valence-electron chi connectivity index (χ2n) is 1.04. The van der Waals surface area contributed by atoms with E-state index in [2.05, 4.69) is 0 Å². The molecule has 0 unspecified atom stereocenters. The number of aliphatic hydroxyl groups is 2. The monoisotopic (exact) mass is 145 g/mol. The van der Waals surface area contributed by atoms with Crippen molar-refractivity contribution < 1.29 is 20.1 Å². The van der Waals surface area contributed by atoms with Crippen LogP contribution in [-0.2, 0) is 4.79 Å². The van der Waals surface area contributed by atoms with Crippen molar-refractivity contribution in [1.82, 2.24) is 0 Å². The fourth-order valence-electron chi connectivity index (χ4n) is 0.0781. The fraction of sp³-hybridized carbons (Fsp3) is 0.667. The summed E-state index contributed by atoms with van der Waals surface area (Å²) in [5.41, 5.74) is 0. The molecule has 1 radical (unpaired) electrons. The molecule has 0 aliphatic heterocycles. The summed E-state index contributed by atoms with van der Waals surface area (Å²) in [6.45, 7) is -0.727. The zero-order chi connectivity index (χ0) is 5.86. The third-order valence-electron chi connectivity index (χ3n) is 0.458. The molecule has 0 aliphatic rings. The van der Waals surface area contributed by atoms with Crippen LogP contribution >= 0.6 is 0 Å². The van der Waals surface area contributed by atoms with Gasteiger partial charge < -0.3 is 15.3 Å². The Morgan fingerprint density at radius 1 is 1.62 bits per heavy atom. The van der Waals surface area contributed by atoms with Gasteiger partial charge in [-0.05, 0) is 0 Å². The average Bonchev–Trinajstić information content (AvgIpc) is 1.65. The quantitative estimate of drug-likeness (QED) is 0.394. The third kappa shape index (κ3) is 5.17. The summed E-state index contributed by atoms with van der Waals surface area (Å²) >= 11 is 0. The summed E-state index contributed by atoms with van der Waals surface area (Å²) in [7, 11) is 0. The van der Waals surface area contributed by atoms with Crippen LogP contribution in [0.3, 0.4) is 0 Å². The molecule has 8 heavy (non-hydrogen) atoms. The minimum absolute atomic E-state index is 0. The van der Waals surface area contributed by atoms with Gasteiger partial charge in [0.1, 0.15) is 0 Å². The molecule has 0 saturated carbocycles. The molecular formula is C3H6KO4. The molecule has 0 amide bonds. The minimum atomic E-state index is -1.63. The number of carboxylic acid groups (broad SMARTS) is 1. The van der Waals surface area contributed by atoms with E-state index in [4.69, 9.17) is 15.3 Å². The van der Waals surface area contributed by atoms with Gasteiger partial charge in [-0.3, -0.25) is 0 Å². The largest absolute Gasteiger partial charge is 0.479 e. The van der Waals surface area contributed by atoms with Crippen molar-refractivity contribution in [2.45, 2.75) is 6.10 Å². The van der Waals surface area contributed by atoms with Crippen molar-refractivity contribution in [1.29, 1.82) is 0 Å². The summed E-state index contributed by atoms with van der Waals surface area (Å²) in [5.74, 6) is -1.40. The average molecular weight is 145 g/mol.